The Kier molecular flexibility index (Phi) is 3.69. The summed E-state index contributed by atoms with van der Waals surface area (Å²) in [5.74, 6) is -0.418. The standard InChI is InChI=1S/C18H15ClFN/c19-16-6-5-13(9-17(16)20)10-18(12-21)8-7-14-3-1-2-4-15(14)11-18/h1-6,9H,7-8,10-11H2. The normalized spacial score (nSPS) is 20.6. The molecule has 0 N–H and O–H groups in total. The average molecular weight is 300 g/mol. The molecule has 0 saturated carbocycles. The lowest BCUT2D eigenvalue weighted by Crippen LogP contribution is -2.29. The first-order valence-corrected chi connectivity index (χ1v) is 7.42. The topological polar surface area (TPSA) is 23.8 Å². The molecule has 21 heavy (non-hydrogen) atoms. The Bertz CT molecular complexity index is 719. The van der Waals surface area contributed by atoms with Crippen molar-refractivity contribution in [2.45, 2.75) is 25.7 Å². The van der Waals surface area contributed by atoms with Crippen LogP contribution in [0.5, 0.6) is 0 Å². The van der Waals surface area contributed by atoms with Crippen LogP contribution in [-0.4, -0.2) is 0 Å². The summed E-state index contributed by atoms with van der Waals surface area (Å²) in [6.45, 7) is 0. The summed E-state index contributed by atoms with van der Waals surface area (Å²) >= 11 is 5.72. The molecule has 1 aliphatic carbocycles. The zero-order chi connectivity index (χ0) is 14.9. The molecular weight excluding hydrogens is 285 g/mol. The molecule has 106 valence electrons. The van der Waals surface area contributed by atoms with Crippen molar-refractivity contribution in [3.8, 4) is 6.07 Å². The summed E-state index contributed by atoms with van der Waals surface area (Å²) in [5.41, 5.74) is 2.94. The van der Waals surface area contributed by atoms with Gasteiger partial charge in [-0.05, 0) is 54.5 Å². The summed E-state index contributed by atoms with van der Waals surface area (Å²) in [4.78, 5) is 0. The van der Waals surface area contributed by atoms with Gasteiger partial charge in [0.05, 0.1) is 16.5 Å². The van der Waals surface area contributed by atoms with Crippen LogP contribution in [0.4, 0.5) is 4.39 Å². The van der Waals surface area contributed by atoms with Crippen LogP contribution in [-0.2, 0) is 19.3 Å². The van der Waals surface area contributed by atoms with Crippen LogP contribution in [0.2, 0.25) is 5.02 Å². The van der Waals surface area contributed by atoms with E-state index in [1.165, 1.54) is 17.2 Å². The highest BCUT2D eigenvalue weighted by Crippen LogP contribution is 2.38. The molecule has 0 bridgehead atoms. The molecule has 0 heterocycles. The summed E-state index contributed by atoms with van der Waals surface area (Å²) in [5, 5.41) is 9.81. The van der Waals surface area contributed by atoms with Crippen LogP contribution in [0, 0.1) is 22.6 Å². The van der Waals surface area contributed by atoms with E-state index in [4.69, 9.17) is 11.6 Å². The molecule has 0 aliphatic heterocycles. The van der Waals surface area contributed by atoms with Gasteiger partial charge in [0, 0.05) is 0 Å². The van der Waals surface area contributed by atoms with Gasteiger partial charge >= 0.3 is 0 Å². The van der Waals surface area contributed by atoms with Gasteiger partial charge in [0.1, 0.15) is 5.82 Å². The highest BCUT2D eigenvalue weighted by molar-refractivity contribution is 6.30. The Morgan fingerprint density at radius 1 is 1.19 bits per heavy atom. The fourth-order valence-corrected chi connectivity index (χ4v) is 3.24. The predicted octanol–water partition coefficient (Wildman–Crippen LogP) is 4.72. The Morgan fingerprint density at radius 2 is 1.95 bits per heavy atom. The van der Waals surface area contributed by atoms with E-state index in [1.807, 2.05) is 18.2 Å². The largest absolute Gasteiger partial charge is 0.205 e. The molecule has 1 atom stereocenters. The van der Waals surface area contributed by atoms with Gasteiger partial charge in [-0.1, -0.05) is 41.9 Å². The van der Waals surface area contributed by atoms with Crippen molar-refractivity contribution < 1.29 is 4.39 Å². The number of hydrogen-bond acceptors (Lipinski definition) is 1. The molecule has 3 heteroatoms. The Labute approximate surface area is 129 Å². The lowest BCUT2D eigenvalue weighted by molar-refractivity contribution is 0.339. The molecule has 0 saturated heterocycles. The first-order chi connectivity index (χ1) is 10.1. The van der Waals surface area contributed by atoms with Gasteiger partial charge in [-0.25, -0.2) is 4.39 Å². The number of benzene rings is 2. The van der Waals surface area contributed by atoms with Crippen LogP contribution in [0.1, 0.15) is 23.1 Å². The van der Waals surface area contributed by atoms with E-state index in [0.29, 0.717) is 6.42 Å². The molecule has 0 fully saturated rings. The highest BCUT2D eigenvalue weighted by Gasteiger charge is 2.34. The van der Waals surface area contributed by atoms with Crippen molar-refractivity contribution in [2.24, 2.45) is 5.41 Å². The van der Waals surface area contributed by atoms with Crippen LogP contribution in [0.15, 0.2) is 42.5 Å². The Morgan fingerprint density at radius 3 is 2.67 bits per heavy atom. The second-order valence-electron chi connectivity index (χ2n) is 5.76. The monoisotopic (exact) mass is 299 g/mol. The van der Waals surface area contributed by atoms with Gasteiger partial charge in [0.25, 0.3) is 0 Å². The molecule has 1 aliphatic rings. The molecule has 1 nitrogen and oxygen atoms in total. The molecule has 3 rings (SSSR count). The Balaban J connectivity index is 1.89. The molecule has 0 amide bonds. The Hall–Kier alpha value is -1.85. The van der Waals surface area contributed by atoms with Gasteiger partial charge in [0.15, 0.2) is 0 Å². The van der Waals surface area contributed by atoms with Crippen molar-refractivity contribution in [3.63, 3.8) is 0 Å². The molecule has 2 aromatic carbocycles. The van der Waals surface area contributed by atoms with Gasteiger partial charge < -0.3 is 0 Å². The van der Waals surface area contributed by atoms with Crippen molar-refractivity contribution >= 4 is 11.6 Å². The number of hydrogen-bond donors (Lipinski definition) is 0. The lowest BCUT2D eigenvalue weighted by Gasteiger charge is -2.32. The number of nitrogens with zero attached hydrogens (tertiary/aromatic N) is 1. The van der Waals surface area contributed by atoms with E-state index in [1.54, 1.807) is 6.07 Å². The van der Waals surface area contributed by atoms with Crippen LogP contribution >= 0.6 is 11.6 Å². The maximum Gasteiger partial charge on any atom is 0.142 e. The van der Waals surface area contributed by atoms with E-state index in [-0.39, 0.29) is 5.02 Å². The third kappa shape index (κ3) is 2.80. The summed E-state index contributed by atoms with van der Waals surface area (Å²) in [7, 11) is 0. The maximum atomic E-state index is 13.6. The second kappa shape index (κ2) is 5.50. The minimum Gasteiger partial charge on any atom is -0.205 e. The number of nitriles is 1. The highest BCUT2D eigenvalue weighted by atomic mass is 35.5. The summed E-state index contributed by atoms with van der Waals surface area (Å²) in [6.07, 6.45) is 3.00. The van der Waals surface area contributed by atoms with Gasteiger partial charge in [-0.3, -0.25) is 0 Å². The van der Waals surface area contributed by atoms with E-state index >= 15 is 0 Å². The molecule has 2 aromatic rings. The van der Waals surface area contributed by atoms with Gasteiger partial charge in [-0.15, -0.1) is 0 Å². The quantitative estimate of drug-likeness (QED) is 0.787. The van der Waals surface area contributed by atoms with Crippen molar-refractivity contribution in [1.29, 1.82) is 5.26 Å². The van der Waals surface area contributed by atoms with Crippen LogP contribution < -0.4 is 0 Å². The zero-order valence-electron chi connectivity index (χ0n) is 11.6. The average Bonchev–Trinajstić information content (AvgIpc) is 2.51. The van der Waals surface area contributed by atoms with E-state index < -0.39 is 11.2 Å². The van der Waals surface area contributed by atoms with Crippen molar-refractivity contribution in [3.05, 3.63) is 70.0 Å². The molecule has 0 aromatic heterocycles. The third-order valence-electron chi connectivity index (χ3n) is 4.28. The summed E-state index contributed by atoms with van der Waals surface area (Å²) < 4.78 is 13.6. The zero-order valence-corrected chi connectivity index (χ0v) is 12.3. The first kappa shape index (κ1) is 14.1. The number of rotatable bonds is 2. The number of halogens is 2. The van der Waals surface area contributed by atoms with Crippen molar-refractivity contribution in [2.75, 3.05) is 0 Å². The maximum absolute atomic E-state index is 13.6. The molecule has 0 radical (unpaired) electrons. The SMILES string of the molecule is N#CC1(Cc2ccc(Cl)c(F)c2)CCc2ccccc2C1. The minimum absolute atomic E-state index is 0.124. The minimum atomic E-state index is -0.450. The van der Waals surface area contributed by atoms with Crippen LogP contribution in [0.25, 0.3) is 0 Å². The number of aryl methyl sites for hydroxylation is 1. The van der Waals surface area contributed by atoms with E-state index in [9.17, 15) is 9.65 Å². The second-order valence-corrected chi connectivity index (χ2v) is 6.17. The first-order valence-electron chi connectivity index (χ1n) is 7.04. The molecule has 0 spiro atoms. The summed E-state index contributed by atoms with van der Waals surface area (Å²) in [6, 6.07) is 15.6. The van der Waals surface area contributed by atoms with Crippen LogP contribution in [0.3, 0.4) is 0 Å². The van der Waals surface area contributed by atoms with E-state index in [2.05, 4.69) is 18.2 Å². The van der Waals surface area contributed by atoms with E-state index in [0.717, 1.165) is 24.8 Å². The number of fused-ring (bicyclic) bond motifs is 1. The lowest BCUT2D eigenvalue weighted by atomic mass is 9.69. The molecule has 1 unspecified atom stereocenters. The fraction of sp³-hybridized carbons (Fsp3) is 0.278. The third-order valence-corrected chi connectivity index (χ3v) is 4.59. The molecular formula is C18H15ClFN. The van der Waals surface area contributed by atoms with Gasteiger partial charge in [0.2, 0.25) is 0 Å². The van der Waals surface area contributed by atoms with Crippen molar-refractivity contribution in [1.82, 2.24) is 0 Å². The smallest absolute Gasteiger partial charge is 0.142 e. The fourth-order valence-electron chi connectivity index (χ4n) is 3.13. The van der Waals surface area contributed by atoms with Gasteiger partial charge in [-0.2, -0.15) is 5.26 Å². The predicted molar refractivity (Wildman–Crippen MR) is 81.6 cm³/mol.